The molecule has 146 valence electrons. The summed E-state index contributed by atoms with van der Waals surface area (Å²) >= 11 is 0. The predicted octanol–water partition coefficient (Wildman–Crippen LogP) is 7.53. The Bertz CT molecular complexity index is 1390. The second kappa shape index (κ2) is 6.39. The summed E-state index contributed by atoms with van der Waals surface area (Å²) in [6.45, 7) is 4.43. The Morgan fingerprint density at radius 3 is 2.13 bits per heavy atom. The van der Waals surface area contributed by atoms with Crippen LogP contribution in [0.1, 0.15) is 12.5 Å². The third-order valence-corrected chi connectivity index (χ3v) is 6.15. The Kier molecular flexibility index (Phi) is 3.66. The van der Waals surface area contributed by atoms with Gasteiger partial charge in [-0.05, 0) is 49.7 Å². The van der Waals surface area contributed by atoms with Gasteiger partial charge in [-0.1, -0.05) is 60.7 Å². The van der Waals surface area contributed by atoms with Crippen LogP contribution in [0, 0.1) is 6.92 Å². The van der Waals surface area contributed by atoms with E-state index < -0.39 is 0 Å². The number of hydrogen-bond donors (Lipinski definition) is 0. The number of hydrogen-bond acceptors (Lipinski definition) is 3. The fraction of sp³-hybridized carbons (Fsp3) is 0.111. The van der Waals surface area contributed by atoms with Crippen LogP contribution in [-0.2, 0) is 0 Å². The number of para-hydroxylation sites is 4. The lowest BCUT2D eigenvalue weighted by atomic mass is 10.1. The van der Waals surface area contributed by atoms with Crippen LogP contribution in [0.15, 0.2) is 95.4 Å². The lowest BCUT2D eigenvalue weighted by molar-refractivity contribution is 0.663. The van der Waals surface area contributed by atoms with Gasteiger partial charge in [-0.15, -0.1) is 0 Å². The van der Waals surface area contributed by atoms with Crippen molar-refractivity contribution in [2.75, 3.05) is 9.80 Å². The van der Waals surface area contributed by atoms with Crippen molar-refractivity contribution in [1.82, 2.24) is 0 Å². The molecule has 4 aromatic carbocycles. The standard InChI is InChI=1S/C27H22N2O/c1-18-16-17-22-21-12-6-9-15-25(21)30-27(22)26(18)29-19(2)28(20-10-4-3-5-11-20)23-13-7-8-14-24(23)29/h3-17,19H,1-2H3/t19-/m0/s1. The molecule has 5 aromatic rings. The zero-order valence-corrected chi connectivity index (χ0v) is 17.0. The SMILES string of the molecule is Cc1ccc2c(oc3ccccc32)c1N1c2ccccc2N(c2ccccc2)[C@@H]1C. The highest BCUT2D eigenvalue weighted by Gasteiger charge is 2.36. The normalized spacial score (nSPS) is 15.9. The van der Waals surface area contributed by atoms with Crippen molar-refractivity contribution in [3.05, 3.63) is 96.6 Å². The summed E-state index contributed by atoms with van der Waals surface area (Å²) in [4.78, 5) is 4.82. The molecule has 6 rings (SSSR count). The lowest BCUT2D eigenvalue weighted by Gasteiger charge is -2.31. The average Bonchev–Trinajstić information content (AvgIpc) is 3.29. The third-order valence-electron chi connectivity index (χ3n) is 6.15. The fourth-order valence-electron chi connectivity index (χ4n) is 4.81. The van der Waals surface area contributed by atoms with E-state index in [1.165, 1.54) is 22.6 Å². The topological polar surface area (TPSA) is 19.6 Å². The van der Waals surface area contributed by atoms with Crippen LogP contribution in [0.2, 0.25) is 0 Å². The van der Waals surface area contributed by atoms with E-state index in [0.29, 0.717) is 0 Å². The average molecular weight is 390 g/mol. The minimum Gasteiger partial charge on any atom is -0.454 e. The van der Waals surface area contributed by atoms with E-state index in [9.17, 15) is 0 Å². The number of anilines is 4. The van der Waals surface area contributed by atoms with Gasteiger partial charge in [-0.2, -0.15) is 0 Å². The number of fused-ring (bicyclic) bond motifs is 4. The summed E-state index contributed by atoms with van der Waals surface area (Å²) in [7, 11) is 0. The van der Waals surface area contributed by atoms with Crippen LogP contribution in [-0.4, -0.2) is 6.17 Å². The highest BCUT2D eigenvalue weighted by atomic mass is 16.3. The first-order valence-electron chi connectivity index (χ1n) is 10.4. The van der Waals surface area contributed by atoms with Crippen LogP contribution in [0.3, 0.4) is 0 Å². The Balaban J connectivity index is 1.63. The Morgan fingerprint density at radius 1 is 0.667 bits per heavy atom. The zero-order chi connectivity index (χ0) is 20.2. The highest BCUT2D eigenvalue weighted by Crippen LogP contribution is 2.50. The van der Waals surface area contributed by atoms with Gasteiger partial charge in [-0.25, -0.2) is 0 Å². The molecule has 0 fully saturated rings. The van der Waals surface area contributed by atoms with E-state index >= 15 is 0 Å². The molecule has 1 aliphatic heterocycles. The molecule has 1 aliphatic rings. The monoisotopic (exact) mass is 390 g/mol. The Morgan fingerprint density at radius 2 is 1.33 bits per heavy atom. The van der Waals surface area contributed by atoms with E-state index in [1.54, 1.807) is 0 Å². The van der Waals surface area contributed by atoms with E-state index in [1.807, 2.05) is 12.1 Å². The summed E-state index contributed by atoms with van der Waals surface area (Å²) in [5.41, 5.74) is 7.83. The summed E-state index contributed by atoms with van der Waals surface area (Å²) < 4.78 is 6.42. The minimum absolute atomic E-state index is 0.113. The molecule has 0 radical (unpaired) electrons. The Hall–Kier alpha value is -3.72. The molecular weight excluding hydrogens is 368 g/mol. The van der Waals surface area contributed by atoms with Gasteiger partial charge in [-0.3, -0.25) is 0 Å². The second-order valence-electron chi connectivity index (χ2n) is 7.90. The predicted molar refractivity (Wildman–Crippen MR) is 125 cm³/mol. The van der Waals surface area contributed by atoms with Gasteiger partial charge in [0, 0.05) is 16.5 Å². The maximum atomic E-state index is 6.42. The molecule has 2 heterocycles. The molecule has 0 bridgehead atoms. The third kappa shape index (κ3) is 2.32. The van der Waals surface area contributed by atoms with E-state index in [2.05, 4.69) is 103 Å². The fourth-order valence-corrected chi connectivity index (χ4v) is 4.81. The lowest BCUT2D eigenvalue weighted by Crippen LogP contribution is -2.35. The number of aryl methyl sites for hydroxylation is 1. The van der Waals surface area contributed by atoms with Crippen molar-refractivity contribution in [3.63, 3.8) is 0 Å². The van der Waals surface area contributed by atoms with Gasteiger partial charge >= 0.3 is 0 Å². The number of furan rings is 1. The van der Waals surface area contributed by atoms with Crippen LogP contribution in [0.4, 0.5) is 22.7 Å². The van der Waals surface area contributed by atoms with Crippen LogP contribution < -0.4 is 9.80 Å². The van der Waals surface area contributed by atoms with Crippen molar-refractivity contribution in [2.45, 2.75) is 20.0 Å². The highest BCUT2D eigenvalue weighted by molar-refractivity contribution is 6.11. The van der Waals surface area contributed by atoms with Gasteiger partial charge < -0.3 is 14.2 Å². The molecule has 30 heavy (non-hydrogen) atoms. The molecule has 3 heteroatoms. The van der Waals surface area contributed by atoms with Gasteiger partial charge in [0.1, 0.15) is 11.7 Å². The van der Waals surface area contributed by atoms with Crippen molar-refractivity contribution >= 4 is 44.7 Å². The summed E-state index contributed by atoms with van der Waals surface area (Å²) in [5, 5.41) is 2.32. The van der Waals surface area contributed by atoms with E-state index in [4.69, 9.17) is 4.42 Å². The molecule has 3 nitrogen and oxygen atoms in total. The molecule has 0 spiro atoms. The van der Waals surface area contributed by atoms with Crippen molar-refractivity contribution in [2.24, 2.45) is 0 Å². The maximum Gasteiger partial charge on any atom is 0.159 e. The first kappa shape index (κ1) is 17.2. The molecule has 0 saturated carbocycles. The van der Waals surface area contributed by atoms with Crippen LogP contribution >= 0.6 is 0 Å². The van der Waals surface area contributed by atoms with E-state index in [0.717, 1.165) is 27.6 Å². The van der Waals surface area contributed by atoms with Crippen molar-refractivity contribution in [1.29, 1.82) is 0 Å². The molecule has 0 saturated heterocycles. The minimum atomic E-state index is 0.113. The molecule has 0 unspecified atom stereocenters. The summed E-state index contributed by atoms with van der Waals surface area (Å²) in [6, 6.07) is 31.9. The zero-order valence-electron chi connectivity index (χ0n) is 17.0. The van der Waals surface area contributed by atoms with Crippen LogP contribution in [0.25, 0.3) is 21.9 Å². The van der Waals surface area contributed by atoms with Crippen molar-refractivity contribution in [3.8, 4) is 0 Å². The number of benzene rings is 4. The number of nitrogens with zero attached hydrogens (tertiary/aromatic N) is 2. The van der Waals surface area contributed by atoms with Gasteiger partial charge in [0.2, 0.25) is 0 Å². The van der Waals surface area contributed by atoms with Gasteiger partial charge in [0.05, 0.1) is 17.1 Å². The largest absolute Gasteiger partial charge is 0.454 e. The van der Waals surface area contributed by atoms with Gasteiger partial charge in [0.25, 0.3) is 0 Å². The molecule has 0 amide bonds. The summed E-state index contributed by atoms with van der Waals surface area (Å²) in [5.74, 6) is 0. The molecule has 1 aromatic heterocycles. The molecule has 0 aliphatic carbocycles. The molecular formula is C27H22N2O. The quantitative estimate of drug-likeness (QED) is 0.310. The van der Waals surface area contributed by atoms with Crippen LogP contribution in [0.5, 0.6) is 0 Å². The van der Waals surface area contributed by atoms with Gasteiger partial charge in [0.15, 0.2) is 5.58 Å². The molecule has 0 N–H and O–H groups in total. The Labute approximate surface area is 175 Å². The smallest absolute Gasteiger partial charge is 0.159 e. The maximum absolute atomic E-state index is 6.42. The van der Waals surface area contributed by atoms with E-state index in [-0.39, 0.29) is 6.17 Å². The van der Waals surface area contributed by atoms with Crippen molar-refractivity contribution < 1.29 is 4.42 Å². The first-order valence-corrected chi connectivity index (χ1v) is 10.4. The molecule has 1 atom stereocenters. The summed E-state index contributed by atoms with van der Waals surface area (Å²) in [6.07, 6.45) is 0.113. The first-order chi connectivity index (χ1) is 14.7. The number of rotatable bonds is 2. The second-order valence-corrected chi connectivity index (χ2v) is 7.90.